The number of hydrogen-bond donors (Lipinski definition) is 3. The van der Waals surface area contributed by atoms with Gasteiger partial charge in [-0.05, 0) is 37.1 Å². The second-order valence-corrected chi connectivity index (χ2v) is 5.46. The van der Waals surface area contributed by atoms with Gasteiger partial charge >= 0.3 is 6.03 Å². The molecule has 0 aliphatic rings. The number of anilines is 1. The number of urea groups is 1. The topological polar surface area (TPSA) is 93.4 Å². The Morgan fingerprint density at radius 2 is 1.92 bits per heavy atom. The summed E-state index contributed by atoms with van der Waals surface area (Å²) in [6.07, 6.45) is 0. The van der Waals surface area contributed by atoms with Crippen molar-refractivity contribution in [3.8, 4) is 5.75 Å². The molecule has 6 heteroatoms. The van der Waals surface area contributed by atoms with Crippen LogP contribution in [0, 0.1) is 6.92 Å². The molecule has 2 aromatic rings. The van der Waals surface area contributed by atoms with Gasteiger partial charge in [0.2, 0.25) is 5.91 Å². The minimum Gasteiger partial charge on any atom is -0.489 e. The minimum atomic E-state index is -0.743. The lowest BCUT2D eigenvalue weighted by atomic mass is 10.1. The van der Waals surface area contributed by atoms with E-state index in [1.807, 2.05) is 37.3 Å². The lowest BCUT2D eigenvalue weighted by Gasteiger charge is -2.14. The molecule has 0 bridgehead atoms. The van der Waals surface area contributed by atoms with Crippen molar-refractivity contribution in [2.24, 2.45) is 5.73 Å². The SMILES string of the molecule is Cc1ccccc1COc1cccc(NC(=O)C(C)NC(N)=O)c1. The molecule has 2 aromatic carbocycles. The summed E-state index contributed by atoms with van der Waals surface area (Å²) in [6.45, 7) is 4.03. The van der Waals surface area contributed by atoms with E-state index < -0.39 is 12.1 Å². The maximum Gasteiger partial charge on any atom is 0.312 e. The van der Waals surface area contributed by atoms with Gasteiger partial charge in [-0.25, -0.2) is 4.79 Å². The Hall–Kier alpha value is -3.02. The number of rotatable bonds is 6. The average Bonchev–Trinajstić information content (AvgIpc) is 2.54. The number of ether oxygens (including phenoxy) is 1. The number of aryl methyl sites for hydroxylation is 1. The second-order valence-electron chi connectivity index (χ2n) is 5.46. The molecule has 126 valence electrons. The highest BCUT2D eigenvalue weighted by atomic mass is 16.5. The first kappa shape index (κ1) is 17.3. The summed E-state index contributed by atoms with van der Waals surface area (Å²) >= 11 is 0. The Morgan fingerprint density at radius 3 is 2.62 bits per heavy atom. The van der Waals surface area contributed by atoms with E-state index in [-0.39, 0.29) is 5.91 Å². The largest absolute Gasteiger partial charge is 0.489 e. The van der Waals surface area contributed by atoms with E-state index in [4.69, 9.17) is 10.5 Å². The molecular weight excluding hydrogens is 306 g/mol. The minimum absolute atomic E-state index is 0.357. The molecule has 3 amide bonds. The lowest BCUT2D eigenvalue weighted by Crippen LogP contribution is -2.44. The Balaban J connectivity index is 1.97. The van der Waals surface area contributed by atoms with Gasteiger partial charge in [0.05, 0.1) is 0 Å². The molecule has 6 nitrogen and oxygen atoms in total. The predicted octanol–water partition coefficient (Wildman–Crippen LogP) is 2.57. The Morgan fingerprint density at radius 1 is 1.17 bits per heavy atom. The summed E-state index contributed by atoms with van der Waals surface area (Å²) in [5.41, 5.74) is 7.85. The van der Waals surface area contributed by atoms with E-state index in [1.165, 1.54) is 0 Å². The Bertz CT molecular complexity index is 731. The quantitative estimate of drug-likeness (QED) is 0.761. The van der Waals surface area contributed by atoms with Crippen LogP contribution in [0.5, 0.6) is 5.75 Å². The molecule has 2 rings (SSSR count). The van der Waals surface area contributed by atoms with Crippen LogP contribution in [-0.2, 0) is 11.4 Å². The van der Waals surface area contributed by atoms with E-state index in [2.05, 4.69) is 10.6 Å². The molecular formula is C18H21N3O3. The summed E-state index contributed by atoms with van der Waals surface area (Å²) in [6, 6.07) is 13.6. The standard InChI is InChI=1S/C18H21N3O3/c1-12-6-3-4-7-14(12)11-24-16-9-5-8-15(10-16)21-17(22)13(2)20-18(19)23/h3-10,13H,11H2,1-2H3,(H,21,22)(H3,19,20,23). The van der Waals surface area contributed by atoms with Crippen LogP contribution in [0.3, 0.4) is 0 Å². The van der Waals surface area contributed by atoms with Gasteiger partial charge in [0.25, 0.3) is 0 Å². The van der Waals surface area contributed by atoms with Crippen LogP contribution in [0.2, 0.25) is 0 Å². The maximum absolute atomic E-state index is 12.0. The van der Waals surface area contributed by atoms with Gasteiger partial charge in [0.15, 0.2) is 0 Å². The van der Waals surface area contributed by atoms with Crippen molar-refractivity contribution in [3.05, 3.63) is 59.7 Å². The van der Waals surface area contributed by atoms with Gasteiger partial charge < -0.3 is 21.1 Å². The fraction of sp³-hybridized carbons (Fsp3) is 0.222. The predicted molar refractivity (Wildman–Crippen MR) is 92.8 cm³/mol. The number of nitrogens with one attached hydrogen (secondary N) is 2. The first-order valence-electron chi connectivity index (χ1n) is 7.60. The molecule has 0 aliphatic heterocycles. The van der Waals surface area contributed by atoms with Crippen molar-refractivity contribution in [1.82, 2.24) is 5.32 Å². The van der Waals surface area contributed by atoms with Gasteiger partial charge in [0.1, 0.15) is 18.4 Å². The van der Waals surface area contributed by atoms with Gasteiger partial charge in [-0.3, -0.25) is 4.79 Å². The smallest absolute Gasteiger partial charge is 0.312 e. The fourth-order valence-electron chi connectivity index (χ4n) is 2.13. The van der Waals surface area contributed by atoms with Gasteiger partial charge in [-0.1, -0.05) is 30.3 Å². The van der Waals surface area contributed by atoms with Gasteiger partial charge in [-0.2, -0.15) is 0 Å². The molecule has 0 fully saturated rings. The molecule has 4 N–H and O–H groups in total. The molecule has 0 heterocycles. The van der Waals surface area contributed by atoms with Crippen molar-refractivity contribution in [2.45, 2.75) is 26.5 Å². The molecule has 0 aromatic heterocycles. The van der Waals surface area contributed by atoms with Gasteiger partial charge in [0, 0.05) is 11.8 Å². The van der Waals surface area contributed by atoms with E-state index in [1.54, 1.807) is 25.1 Å². The van der Waals surface area contributed by atoms with Crippen LogP contribution in [0.25, 0.3) is 0 Å². The highest BCUT2D eigenvalue weighted by Gasteiger charge is 2.14. The first-order valence-corrected chi connectivity index (χ1v) is 7.60. The number of hydrogen-bond acceptors (Lipinski definition) is 3. The zero-order valence-electron chi connectivity index (χ0n) is 13.7. The van der Waals surface area contributed by atoms with Crippen molar-refractivity contribution >= 4 is 17.6 Å². The van der Waals surface area contributed by atoms with Crippen LogP contribution in [-0.4, -0.2) is 18.0 Å². The van der Waals surface area contributed by atoms with E-state index >= 15 is 0 Å². The summed E-state index contributed by atoms with van der Waals surface area (Å²) in [7, 11) is 0. The van der Waals surface area contributed by atoms with E-state index in [0.717, 1.165) is 11.1 Å². The maximum atomic E-state index is 12.0. The lowest BCUT2D eigenvalue weighted by molar-refractivity contribution is -0.117. The highest BCUT2D eigenvalue weighted by molar-refractivity contribution is 5.96. The van der Waals surface area contributed by atoms with Crippen LogP contribution < -0.4 is 21.1 Å². The van der Waals surface area contributed by atoms with Crippen LogP contribution >= 0.6 is 0 Å². The zero-order valence-corrected chi connectivity index (χ0v) is 13.7. The van der Waals surface area contributed by atoms with Crippen molar-refractivity contribution in [1.29, 1.82) is 0 Å². The average molecular weight is 327 g/mol. The molecule has 0 saturated carbocycles. The molecule has 0 spiro atoms. The van der Waals surface area contributed by atoms with Crippen molar-refractivity contribution in [3.63, 3.8) is 0 Å². The van der Waals surface area contributed by atoms with E-state index in [9.17, 15) is 9.59 Å². The number of amides is 3. The summed E-state index contributed by atoms with van der Waals surface area (Å²) in [5.74, 6) is 0.288. The Kier molecular flexibility index (Phi) is 5.78. The molecule has 0 radical (unpaired) electrons. The number of primary amides is 1. The summed E-state index contributed by atoms with van der Waals surface area (Å²) in [5, 5.41) is 5.03. The first-order chi connectivity index (χ1) is 11.5. The van der Waals surface area contributed by atoms with Crippen LogP contribution in [0.4, 0.5) is 10.5 Å². The second kappa shape index (κ2) is 8.01. The normalized spacial score (nSPS) is 11.4. The molecule has 1 atom stereocenters. The molecule has 0 saturated heterocycles. The van der Waals surface area contributed by atoms with Crippen molar-refractivity contribution < 1.29 is 14.3 Å². The van der Waals surface area contributed by atoms with Crippen LogP contribution in [0.1, 0.15) is 18.1 Å². The fourth-order valence-corrected chi connectivity index (χ4v) is 2.13. The molecule has 24 heavy (non-hydrogen) atoms. The number of carbonyl (C=O) groups excluding carboxylic acids is 2. The summed E-state index contributed by atoms with van der Waals surface area (Å²) < 4.78 is 5.78. The summed E-state index contributed by atoms with van der Waals surface area (Å²) in [4.78, 5) is 22.7. The highest BCUT2D eigenvalue weighted by Crippen LogP contribution is 2.19. The number of carbonyl (C=O) groups is 2. The third-order valence-corrected chi connectivity index (χ3v) is 3.51. The monoisotopic (exact) mass is 327 g/mol. The van der Waals surface area contributed by atoms with Gasteiger partial charge in [-0.15, -0.1) is 0 Å². The van der Waals surface area contributed by atoms with E-state index in [0.29, 0.717) is 18.0 Å². The third kappa shape index (κ3) is 5.01. The molecule has 1 unspecified atom stereocenters. The van der Waals surface area contributed by atoms with Crippen LogP contribution in [0.15, 0.2) is 48.5 Å². The zero-order chi connectivity index (χ0) is 17.5. The van der Waals surface area contributed by atoms with Crippen molar-refractivity contribution in [2.75, 3.05) is 5.32 Å². The number of nitrogens with two attached hydrogens (primary N) is 1. The Labute approximate surface area is 141 Å². The third-order valence-electron chi connectivity index (χ3n) is 3.51. The molecule has 0 aliphatic carbocycles. The number of benzene rings is 2.